The van der Waals surface area contributed by atoms with Gasteiger partial charge in [0, 0.05) is 0 Å². The van der Waals surface area contributed by atoms with Gasteiger partial charge in [0.2, 0.25) is 0 Å². The van der Waals surface area contributed by atoms with Crippen LogP contribution in [0.1, 0.15) is 16.1 Å². The molecule has 0 fully saturated rings. The summed E-state index contributed by atoms with van der Waals surface area (Å²) in [6, 6.07) is 1.80. The SMILES string of the molecule is Cc1oncc1C(=O)NCC#N. The van der Waals surface area contributed by atoms with E-state index < -0.39 is 0 Å². The lowest BCUT2D eigenvalue weighted by Crippen LogP contribution is -2.23. The van der Waals surface area contributed by atoms with Crippen molar-refractivity contribution in [1.29, 1.82) is 5.26 Å². The fraction of sp³-hybridized carbons (Fsp3) is 0.286. The van der Waals surface area contributed by atoms with Crippen LogP contribution in [0.4, 0.5) is 0 Å². The summed E-state index contributed by atoms with van der Waals surface area (Å²) >= 11 is 0. The van der Waals surface area contributed by atoms with E-state index in [1.54, 1.807) is 13.0 Å². The van der Waals surface area contributed by atoms with Crippen LogP contribution in [0.5, 0.6) is 0 Å². The van der Waals surface area contributed by atoms with Crippen molar-refractivity contribution in [2.24, 2.45) is 0 Å². The molecule has 1 aromatic heterocycles. The van der Waals surface area contributed by atoms with Gasteiger partial charge in [0.25, 0.3) is 5.91 Å². The van der Waals surface area contributed by atoms with Gasteiger partial charge in [0.1, 0.15) is 17.9 Å². The van der Waals surface area contributed by atoms with E-state index in [1.807, 2.05) is 0 Å². The zero-order chi connectivity index (χ0) is 8.97. The molecule has 0 aliphatic carbocycles. The van der Waals surface area contributed by atoms with E-state index in [1.165, 1.54) is 6.20 Å². The van der Waals surface area contributed by atoms with E-state index in [0.717, 1.165) is 0 Å². The number of carbonyl (C=O) groups excluding carboxylic acids is 1. The predicted molar refractivity (Wildman–Crippen MR) is 39.2 cm³/mol. The highest BCUT2D eigenvalue weighted by atomic mass is 16.5. The molecule has 0 unspecified atom stereocenters. The Bertz CT molecular complexity index is 324. The first kappa shape index (κ1) is 8.27. The second-order valence-electron chi connectivity index (χ2n) is 2.14. The number of nitrogens with one attached hydrogen (secondary N) is 1. The molecule has 0 spiro atoms. The summed E-state index contributed by atoms with van der Waals surface area (Å²) < 4.78 is 4.67. The smallest absolute Gasteiger partial charge is 0.257 e. The van der Waals surface area contributed by atoms with Crippen LogP contribution in [-0.2, 0) is 0 Å². The topological polar surface area (TPSA) is 78.9 Å². The minimum absolute atomic E-state index is 0.0105. The maximum Gasteiger partial charge on any atom is 0.257 e. The van der Waals surface area contributed by atoms with Crippen LogP contribution >= 0.6 is 0 Å². The number of rotatable bonds is 2. The molecule has 5 nitrogen and oxygen atoms in total. The minimum Gasteiger partial charge on any atom is -0.361 e. The van der Waals surface area contributed by atoms with Crippen molar-refractivity contribution in [3.8, 4) is 6.07 Å². The Morgan fingerprint density at radius 3 is 3.17 bits per heavy atom. The number of aromatic nitrogens is 1. The summed E-state index contributed by atoms with van der Waals surface area (Å²) in [6.07, 6.45) is 1.32. The second-order valence-corrected chi connectivity index (χ2v) is 2.14. The standard InChI is InChI=1S/C7H7N3O2/c1-5-6(4-10-12-5)7(11)9-3-2-8/h4H,3H2,1H3,(H,9,11). The summed E-state index contributed by atoms with van der Waals surface area (Å²) in [6.45, 7) is 1.62. The number of nitrogens with zero attached hydrogens (tertiary/aromatic N) is 2. The zero-order valence-electron chi connectivity index (χ0n) is 6.50. The van der Waals surface area contributed by atoms with Crippen LogP contribution in [0.3, 0.4) is 0 Å². The molecule has 1 aromatic rings. The largest absolute Gasteiger partial charge is 0.361 e. The number of aryl methyl sites for hydroxylation is 1. The number of hydrogen-bond donors (Lipinski definition) is 1. The van der Waals surface area contributed by atoms with Gasteiger partial charge in [0.15, 0.2) is 0 Å². The molecule has 5 heteroatoms. The Morgan fingerprint density at radius 2 is 2.67 bits per heavy atom. The van der Waals surface area contributed by atoms with E-state index >= 15 is 0 Å². The highest BCUT2D eigenvalue weighted by molar-refractivity contribution is 5.94. The fourth-order valence-corrected chi connectivity index (χ4v) is 0.732. The number of nitriles is 1. The minimum atomic E-state index is -0.338. The Labute approximate surface area is 69.0 Å². The first-order valence-electron chi connectivity index (χ1n) is 3.32. The first-order chi connectivity index (χ1) is 5.75. The van der Waals surface area contributed by atoms with E-state index in [4.69, 9.17) is 5.26 Å². The summed E-state index contributed by atoms with van der Waals surface area (Å²) in [5, 5.41) is 14.0. The molecule has 0 aliphatic heterocycles. The zero-order valence-corrected chi connectivity index (χ0v) is 6.50. The molecule has 0 aromatic carbocycles. The van der Waals surface area contributed by atoms with Crippen molar-refractivity contribution in [1.82, 2.24) is 10.5 Å². The Kier molecular flexibility index (Phi) is 2.43. The molecule has 12 heavy (non-hydrogen) atoms. The molecule has 0 saturated carbocycles. The van der Waals surface area contributed by atoms with Crippen molar-refractivity contribution in [2.45, 2.75) is 6.92 Å². The maximum atomic E-state index is 11.1. The quantitative estimate of drug-likeness (QED) is 0.636. The van der Waals surface area contributed by atoms with Gasteiger partial charge >= 0.3 is 0 Å². The Morgan fingerprint density at radius 1 is 1.92 bits per heavy atom. The molecule has 0 saturated heterocycles. The average Bonchev–Trinajstić information content (AvgIpc) is 2.47. The fourth-order valence-electron chi connectivity index (χ4n) is 0.732. The van der Waals surface area contributed by atoms with E-state index in [2.05, 4.69) is 15.0 Å². The van der Waals surface area contributed by atoms with Crippen molar-refractivity contribution < 1.29 is 9.32 Å². The van der Waals surface area contributed by atoms with Crippen LogP contribution in [0.2, 0.25) is 0 Å². The monoisotopic (exact) mass is 165 g/mol. The van der Waals surface area contributed by atoms with Gasteiger partial charge in [-0.3, -0.25) is 4.79 Å². The Balaban J connectivity index is 2.67. The molecule has 1 rings (SSSR count). The van der Waals surface area contributed by atoms with Gasteiger partial charge in [0.05, 0.1) is 12.3 Å². The summed E-state index contributed by atoms with van der Waals surface area (Å²) in [5.74, 6) is 0.112. The van der Waals surface area contributed by atoms with Crippen molar-refractivity contribution in [3.05, 3.63) is 17.5 Å². The van der Waals surface area contributed by atoms with Gasteiger partial charge in [-0.05, 0) is 6.92 Å². The summed E-state index contributed by atoms with van der Waals surface area (Å²) in [5.41, 5.74) is 0.366. The van der Waals surface area contributed by atoms with E-state index in [0.29, 0.717) is 11.3 Å². The molecule has 1 amide bonds. The molecular weight excluding hydrogens is 158 g/mol. The van der Waals surface area contributed by atoms with Crippen LogP contribution < -0.4 is 5.32 Å². The summed E-state index contributed by atoms with van der Waals surface area (Å²) in [7, 11) is 0. The molecule has 0 aliphatic rings. The van der Waals surface area contributed by atoms with Gasteiger partial charge in [-0.25, -0.2) is 0 Å². The van der Waals surface area contributed by atoms with E-state index in [9.17, 15) is 4.79 Å². The van der Waals surface area contributed by atoms with Gasteiger partial charge in [-0.2, -0.15) is 5.26 Å². The molecule has 1 N–H and O–H groups in total. The first-order valence-corrected chi connectivity index (χ1v) is 3.32. The third-order valence-corrected chi connectivity index (χ3v) is 1.32. The highest BCUT2D eigenvalue weighted by Crippen LogP contribution is 2.04. The summed E-state index contributed by atoms with van der Waals surface area (Å²) in [4.78, 5) is 11.1. The number of hydrogen-bond acceptors (Lipinski definition) is 4. The maximum absolute atomic E-state index is 11.1. The molecule has 0 bridgehead atoms. The lowest BCUT2D eigenvalue weighted by molar-refractivity contribution is 0.0957. The predicted octanol–water partition coefficient (Wildman–Crippen LogP) is 0.236. The lowest BCUT2D eigenvalue weighted by Gasteiger charge is -1.95. The van der Waals surface area contributed by atoms with Gasteiger partial charge in [-0.1, -0.05) is 5.16 Å². The van der Waals surface area contributed by atoms with Crippen LogP contribution in [-0.4, -0.2) is 17.6 Å². The third-order valence-electron chi connectivity index (χ3n) is 1.32. The number of carbonyl (C=O) groups is 1. The highest BCUT2D eigenvalue weighted by Gasteiger charge is 2.11. The average molecular weight is 165 g/mol. The normalized spacial score (nSPS) is 9.00. The molecule has 0 atom stereocenters. The van der Waals surface area contributed by atoms with Crippen LogP contribution in [0.15, 0.2) is 10.7 Å². The van der Waals surface area contributed by atoms with Gasteiger partial charge < -0.3 is 9.84 Å². The number of amides is 1. The van der Waals surface area contributed by atoms with Crippen molar-refractivity contribution in [2.75, 3.05) is 6.54 Å². The van der Waals surface area contributed by atoms with E-state index in [-0.39, 0.29) is 12.5 Å². The molecular formula is C7H7N3O2. The third kappa shape index (κ3) is 1.61. The Hall–Kier alpha value is -1.83. The second kappa shape index (κ2) is 3.53. The van der Waals surface area contributed by atoms with Gasteiger partial charge in [-0.15, -0.1) is 0 Å². The molecule has 0 radical (unpaired) electrons. The van der Waals surface area contributed by atoms with Crippen LogP contribution in [0.25, 0.3) is 0 Å². The lowest BCUT2D eigenvalue weighted by atomic mass is 10.2. The molecule has 1 heterocycles. The van der Waals surface area contributed by atoms with Crippen molar-refractivity contribution in [3.63, 3.8) is 0 Å². The van der Waals surface area contributed by atoms with Crippen molar-refractivity contribution >= 4 is 5.91 Å². The molecule has 62 valence electrons. The van der Waals surface area contributed by atoms with Crippen LogP contribution in [0, 0.1) is 18.3 Å².